The fourth-order valence-electron chi connectivity index (χ4n) is 1.52. The number of sulfonamides is 1. The Labute approximate surface area is 103 Å². The SMILES string of the molecule is CCN(c1ccccc1N)S(=O)(=O)C(C)(C)C. The molecule has 0 atom stereocenters. The highest BCUT2D eigenvalue weighted by Gasteiger charge is 2.35. The fraction of sp³-hybridized carbons (Fsp3) is 0.500. The van der Waals surface area contributed by atoms with E-state index in [1.54, 1.807) is 52.0 Å². The van der Waals surface area contributed by atoms with Gasteiger partial charge >= 0.3 is 0 Å². The van der Waals surface area contributed by atoms with E-state index in [1.807, 2.05) is 0 Å². The van der Waals surface area contributed by atoms with Crippen LogP contribution in [0.1, 0.15) is 27.7 Å². The summed E-state index contributed by atoms with van der Waals surface area (Å²) in [5.74, 6) is 0. The van der Waals surface area contributed by atoms with Crippen molar-refractivity contribution in [3.8, 4) is 0 Å². The molecule has 2 N–H and O–H groups in total. The van der Waals surface area contributed by atoms with Gasteiger partial charge < -0.3 is 5.73 Å². The van der Waals surface area contributed by atoms with Gasteiger partial charge in [0, 0.05) is 6.54 Å². The number of anilines is 2. The number of hydrogen-bond acceptors (Lipinski definition) is 3. The molecule has 17 heavy (non-hydrogen) atoms. The van der Waals surface area contributed by atoms with Crippen molar-refractivity contribution in [2.75, 3.05) is 16.6 Å². The van der Waals surface area contributed by atoms with E-state index < -0.39 is 14.8 Å². The van der Waals surface area contributed by atoms with Gasteiger partial charge in [-0.15, -0.1) is 0 Å². The van der Waals surface area contributed by atoms with Crippen LogP contribution in [0.15, 0.2) is 24.3 Å². The average molecular weight is 256 g/mol. The lowest BCUT2D eigenvalue weighted by Crippen LogP contribution is -2.43. The van der Waals surface area contributed by atoms with Crippen molar-refractivity contribution in [1.29, 1.82) is 0 Å². The highest BCUT2D eigenvalue weighted by atomic mass is 32.2. The third-order valence-corrected chi connectivity index (χ3v) is 5.14. The van der Waals surface area contributed by atoms with Crippen molar-refractivity contribution in [2.45, 2.75) is 32.4 Å². The zero-order valence-electron chi connectivity index (χ0n) is 10.8. The molecule has 96 valence electrons. The Morgan fingerprint density at radius 3 is 2.18 bits per heavy atom. The summed E-state index contributed by atoms with van der Waals surface area (Å²) in [6, 6.07) is 7.00. The molecule has 0 aliphatic carbocycles. The van der Waals surface area contributed by atoms with Crippen molar-refractivity contribution in [3.05, 3.63) is 24.3 Å². The Morgan fingerprint density at radius 2 is 1.76 bits per heavy atom. The van der Waals surface area contributed by atoms with Crippen LogP contribution in [0.25, 0.3) is 0 Å². The van der Waals surface area contributed by atoms with Crippen molar-refractivity contribution in [3.63, 3.8) is 0 Å². The first-order valence-electron chi connectivity index (χ1n) is 5.58. The summed E-state index contributed by atoms with van der Waals surface area (Å²) in [5, 5.41) is 0. The average Bonchev–Trinajstić information content (AvgIpc) is 2.20. The zero-order chi connectivity index (χ0) is 13.3. The predicted octanol–water partition coefficient (Wildman–Crippen LogP) is 2.22. The molecule has 0 bridgehead atoms. The second-order valence-corrected chi connectivity index (χ2v) is 7.46. The molecule has 0 fully saturated rings. The highest BCUT2D eigenvalue weighted by Crippen LogP contribution is 2.30. The van der Waals surface area contributed by atoms with Gasteiger partial charge in [-0.25, -0.2) is 8.42 Å². The van der Waals surface area contributed by atoms with E-state index in [9.17, 15) is 8.42 Å². The minimum Gasteiger partial charge on any atom is -0.397 e. The first kappa shape index (κ1) is 13.8. The lowest BCUT2D eigenvalue weighted by molar-refractivity contribution is 0.556. The van der Waals surface area contributed by atoms with E-state index in [2.05, 4.69) is 0 Å². The van der Waals surface area contributed by atoms with Gasteiger partial charge in [-0.05, 0) is 39.8 Å². The quantitative estimate of drug-likeness (QED) is 0.843. The molecule has 1 aromatic carbocycles. The molecule has 1 rings (SSSR count). The van der Waals surface area contributed by atoms with Crippen molar-refractivity contribution >= 4 is 21.4 Å². The van der Waals surface area contributed by atoms with E-state index in [0.717, 1.165) is 0 Å². The Bertz CT molecular complexity index is 489. The summed E-state index contributed by atoms with van der Waals surface area (Å²) in [6.07, 6.45) is 0. The van der Waals surface area contributed by atoms with Gasteiger partial charge in [0.05, 0.1) is 16.1 Å². The smallest absolute Gasteiger partial charge is 0.240 e. The van der Waals surface area contributed by atoms with Gasteiger partial charge in [0.2, 0.25) is 10.0 Å². The van der Waals surface area contributed by atoms with Crippen LogP contribution >= 0.6 is 0 Å². The predicted molar refractivity (Wildman–Crippen MR) is 72.5 cm³/mol. The van der Waals surface area contributed by atoms with E-state index in [0.29, 0.717) is 17.9 Å². The largest absolute Gasteiger partial charge is 0.397 e. The molecule has 0 aliphatic heterocycles. The summed E-state index contributed by atoms with van der Waals surface area (Å²) in [4.78, 5) is 0. The second kappa shape index (κ2) is 4.56. The van der Waals surface area contributed by atoms with Gasteiger partial charge in [-0.2, -0.15) is 0 Å². The van der Waals surface area contributed by atoms with E-state index in [-0.39, 0.29) is 0 Å². The molecule has 1 aromatic rings. The van der Waals surface area contributed by atoms with Crippen LogP contribution in [0.4, 0.5) is 11.4 Å². The third-order valence-electron chi connectivity index (χ3n) is 2.56. The van der Waals surface area contributed by atoms with Crippen LogP contribution in [-0.2, 0) is 10.0 Å². The molecular weight excluding hydrogens is 236 g/mol. The maximum atomic E-state index is 12.4. The number of para-hydroxylation sites is 2. The van der Waals surface area contributed by atoms with Crippen molar-refractivity contribution < 1.29 is 8.42 Å². The van der Waals surface area contributed by atoms with E-state index in [4.69, 9.17) is 5.73 Å². The van der Waals surface area contributed by atoms with Crippen LogP contribution in [0.2, 0.25) is 0 Å². The maximum absolute atomic E-state index is 12.4. The van der Waals surface area contributed by atoms with Gasteiger partial charge in [0.25, 0.3) is 0 Å². The van der Waals surface area contributed by atoms with Gasteiger partial charge in [-0.3, -0.25) is 4.31 Å². The van der Waals surface area contributed by atoms with Crippen LogP contribution in [-0.4, -0.2) is 19.7 Å². The van der Waals surface area contributed by atoms with Gasteiger partial charge in [0.15, 0.2) is 0 Å². The van der Waals surface area contributed by atoms with Gasteiger partial charge in [0.1, 0.15) is 0 Å². The van der Waals surface area contributed by atoms with Crippen molar-refractivity contribution in [1.82, 2.24) is 0 Å². The molecule has 4 nitrogen and oxygen atoms in total. The Hall–Kier alpha value is -1.23. The Balaban J connectivity index is 3.32. The summed E-state index contributed by atoms with van der Waals surface area (Å²) >= 11 is 0. The van der Waals surface area contributed by atoms with Crippen LogP contribution in [0.5, 0.6) is 0 Å². The standard InChI is InChI=1S/C12H20N2O2S/c1-5-14(17(15,16)12(2,3)4)11-9-7-6-8-10(11)13/h6-9H,5,13H2,1-4H3. The summed E-state index contributed by atoms with van der Waals surface area (Å²) in [5.41, 5.74) is 6.85. The zero-order valence-corrected chi connectivity index (χ0v) is 11.6. The minimum absolute atomic E-state index is 0.369. The van der Waals surface area contributed by atoms with Crippen LogP contribution in [0, 0.1) is 0 Å². The molecule has 0 amide bonds. The molecule has 0 radical (unpaired) electrons. The molecule has 0 saturated heterocycles. The number of hydrogen-bond donors (Lipinski definition) is 1. The summed E-state index contributed by atoms with van der Waals surface area (Å²) in [6.45, 7) is 7.22. The van der Waals surface area contributed by atoms with E-state index >= 15 is 0 Å². The molecular formula is C12H20N2O2S. The molecule has 0 unspecified atom stereocenters. The molecule has 0 heterocycles. The first-order chi connectivity index (χ1) is 7.71. The molecule has 0 aromatic heterocycles. The van der Waals surface area contributed by atoms with E-state index in [1.165, 1.54) is 4.31 Å². The molecule has 0 saturated carbocycles. The molecule has 5 heteroatoms. The second-order valence-electron chi connectivity index (χ2n) is 4.84. The maximum Gasteiger partial charge on any atom is 0.240 e. The number of nitrogens with zero attached hydrogens (tertiary/aromatic N) is 1. The summed E-state index contributed by atoms with van der Waals surface area (Å²) in [7, 11) is -3.41. The fourth-order valence-corrected chi connectivity index (χ4v) is 2.94. The molecule has 0 aliphatic rings. The third kappa shape index (κ3) is 2.54. The number of nitrogens with two attached hydrogens (primary N) is 1. The number of benzene rings is 1. The van der Waals surface area contributed by atoms with Crippen LogP contribution < -0.4 is 10.0 Å². The van der Waals surface area contributed by atoms with Gasteiger partial charge in [-0.1, -0.05) is 12.1 Å². The number of nitrogen functional groups attached to an aromatic ring is 1. The monoisotopic (exact) mass is 256 g/mol. The first-order valence-corrected chi connectivity index (χ1v) is 7.02. The molecule has 0 spiro atoms. The highest BCUT2D eigenvalue weighted by molar-refractivity contribution is 7.94. The lowest BCUT2D eigenvalue weighted by Gasteiger charge is -2.31. The summed E-state index contributed by atoms with van der Waals surface area (Å²) < 4.78 is 25.3. The Morgan fingerprint density at radius 1 is 1.24 bits per heavy atom. The van der Waals surface area contributed by atoms with Crippen LogP contribution in [0.3, 0.4) is 0 Å². The number of rotatable bonds is 3. The van der Waals surface area contributed by atoms with Crippen molar-refractivity contribution in [2.24, 2.45) is 0 Å². The normalized spacial score (nSPS) is 12.5. The minimum atomic E-state index is -3.41. The lowest BCUT2D eigenvalue weighted by atomic mass is 10.2. The topological polar surface area (TPSA) is 63.4 Å². The Kier molecular flexibility index (Phi) is 3.71.